The van der Waals surface area contributed by atoms with E-state index in [1.807, 2.05) is 19.1 Å². The zero-order valence-corrected chi connectivity index (χ0v) is 11.1. The van der Waals surface area contributed by atoms with Crippen molar-refractivity contribution in [3.63, 3.8) is 0 Å². The van der Waals surface area contributed by atoms with Crippen LogP contribution in [-0.4, -0.2) is 44.0 Å². The maximum absolute atomic E-state index is 7.85. The summed E-state index contributed by atoms with van der Waals surface area (Å²) in [7, 11) is 1.68. The Morgan fingerprint density at radius 1 is 1.17 bits per heavy atom. The number of nitrogens with one attached hydrogen (secondary N) is 1. The molecule has 1 fully saturated rings. The van der Waals surface area contributed by atoms with Gasteiger partial charge in [-0.2, -0.15) is 0 Å². The maximum Gasteiger partial charge on any atom is 0.119 e. The number of nitrogens with zero attached hydrogens (tertiary/aromatic N) is 2. The van der Waals surface area contributed by atoms with Gasteiger partial charge in [-0.25, -0.2) is 0 Å². The minimum absolute atomic E-state index is 0.754. The Balaban J connectivity index is 1.94. The Hall–Kier alpha value is -1.71. The summed E-state index contributed by atoms with van der Waals surface area (Å²) in [6, 6.07) is 8.19. The van der Waals surface area contributed by atoms with Crippen LogP contribution < -0.4 is 9.64 Å². The molecule has 0 amide bonds. The molecule has 1 N–H and O–H groups in total. The molecule has 1 aliphatic heterocycles. The number of piperazine rings is 1. The van der Waals surface area contributed by atoms with Crippen LogP contribution in [0.2, 0.25) is 0 Å². The predicted molar refractivity (Wildman–Crippen MR) is 74.8 cm³/mol. The van der Waals surface area contributed by atoms with Crippen molar-refractivity contribution in [2.45, 2.75) is 13.3 Å². The van der Waals surface area contributed by atoms with E-state index in [9.17, 15) is 0 Å². The Kier molecular flexibility index (Phi) is 4.07. The van der Waals surface area contributed by atoms with Crippen molar-refractivity contribution in [2.24, 2.45) is 0 Å². The molecule has 0 aliphatic carbocycles. The van der Waals surface area contributed by atoms with Gasteiger partial charge in [-0.1, -0.05) is 6.92 Å². The Morgan fingerprint density at radius 3 is 2.28 bits per heavy atom. The molecule has 0 unspecified atom stereocenters. The van der Waals surface area contributed by atoms with Crippen molar-refractivity contribution < 1.29 is 4.74 Å². The molecule has 0 saturated carbocycles. The third-order valence-electron chi connectivity index (χ3n) is 3.43. The number of anilines is 1. The number of amidine groups is 1. The number of ether oxygens (including phenoxy) is 1. The van der Waals surface area contributed by atoms with Gasteiger partial charge in [0, 0.05) is 38.3 Å². The first-order valence-electron chi connectivity index (χ1n) is 6.46. The molecule has 0 atom stereocenters. The van der Waals surface area contributed by atoms with Crippen molar-refractivity contribution in [3.05, 3.63) is 24.3 Å². The van der Waals surface area contributed by atoms with Crippen LogP contribution in [0.25, 0.3) is 0 Å². The SMILES string of the molecule is CCC(=N)N1CCN(c2ccc(OC)cc2)CC1. The first-order chi connectivity index (χ1) is 8.74. The van der Waals surface area contributed by atoms with Crippen LogP contribution in [0.15, 0.2) is 24.3 Å². The highest BCUT2D eigenvalue weighted by Gasteiger charge is 2.18. The fraction of sp³-hybridized carbons (Fsp3) is 0.500. The summed E-state index contributed by atoms with van der Waals surface area (Å²) < 4.78 is 5.16. The standard InChI is InChI=1S/C14H21N3O/c1-3-14(15)17-10-8-16(9-11-17)12-4-6-13(18-2)7-5-12/h4-7,15H,3,8-11H2,1-2H3. The molecular formula is C14H21N3O. The van der Waals surface area contributed by atoms with Crippen LogP contribution in [0.3, 0.4) is 0 Å². The maximum atomic E-state index is 7.85. The van der Waals surface area contributed by atoms with Crippen molar-refractivity contribution in [1.29, 1.82) is 5.41 Å². The van der Waals surface area contributed by atoms with E-state index in [4.69, 9.17) is 10.1 Å². The lowest BCUT2D eigenvalue weighted by atomic mass is 10.2. The molecule has 0 bridgehead atoms. The Labute approximate surface area is 109 Å². The molecule has 1 aromatic rings. The average molecular weight is 247 g/mol. The molecule has 2 rings (SSSR count). The molecule has 1 heterocycles. The van der Waals surface area contributed by atoms with Crippen molar-refractivity contribution in [2.75, 3.05) is 38.2 Å². The lowest BCUT2D eigenvalue weighted by Crippen LogP contribution is -2.48. The van der Waals surface area contributed by atoms with Gasteiger partial charge in [0.2, 0.25) is 0 Å². The summed E-state index contributed by atoms with van der Waals surface area (Å²) >= 11 is 0. The van der Waals surface area contributed by atoms with E-state index in [0.717, 1.165) is 44.2 Å². The van der Waals surface area contributed by atoms with Gasteiger partial charge in [-0.05, 0) is 24.3 Å². The summed E-state index contributed by atoms with van der Waals surface area (Å²) in [5.74, 6) is 1.65. The highest BCUT2D eigenvalue weighted by atomic mass is 16.5. The molecule has 4 heteroatoms. The summed E-state index contributed by atoms with van der Waals surface area (Å²) in [6.07, 6.45) is 0.822. The van der Waals surface area contributed by atoms with E-state index >= 15 is 0 Å². The van der Waals surface area contributed by atoms with E-state index in [-0.39, 0.29) is 0 Å². The van der Waals surface area contributed by atoms with Gasteiger partial charge in [0.1, 0.15) is 5.75 Å². The predicted octanol–water partition coefficient (Wildman–Crippen LogP) is 2.20. The largest absolute Gasteiger partial charge is 0.497 e. The fourth-order valence-electron chi connectivity index (χ4n) is 2.25. The van der Waals surface area contributed by atoms with Crippen LogP contribution in [-0.2, 0) is 0 Å². The van der Waals surface area contributed by atoms with Gasteiger partial charge in [-0.3, -0.25) is 5.41 Å². The number of benzene rings is 1. The summed E-state index contributed by atoms with van der Waals surface area (Å²) in [5, 5.41) is 7.85. The van der Waals surface area contributed by atoms with Crippen LogP contribution >= 0.6 is 0 Å². The summed E-state index contributed by atoms with van der Waals surface area (Å²) in [6.45, 7) is 5.89. The lowest BCUT2D eigenvalue weighted by molar-refractivity contribution is 0.377. The zero-order valence-electron chi connectivity index (χ0n) is 11.1. The number of hydrogen-bond donors (Lipinski definition) is 1. The van der Waals surface area contributed by atoms with Crippen LogP contribution in [0, 0.1) is 5.41 Å². The first kappa shape index (κ1) is 12.7. The van der Waals surface area contributed by atoms with Gasteiger partial charge in [-0.15, -0.1) is 0 Å². The molecule has 1 aromatic carbocycles. The summed E-state index contributed by atoms with van der Waals surface area (Å²) in [5.41, 5.74) is 1.23. The third kappa shape index (κ3) is 2.75. The molecular weight excluding hydrogens is 226 g/mol. The monoisotopic (exact) mass is 247 g/mol. The minimum Gasteiger partial charge on any atom is -0.497 e. The number of hydrogen-bond acceptors (Lipinski definition) is 3. The van der Waals surface area contributed by atoms with E-state index in [2.05, 4.69) is 21.9 Å². The van der Waals surface area contributed by atoms with E-state index in [1.54, 1.807) is 7.11 Å². The smallest absolute Gasteiger partial charge is 0.119 e. The molecule has 1 aliphatic rings. The normalized spacial score (nSPS) is 15.7. The fourth-order valence-corrected chi connectivity index (χ4v) is 2.25. The van der Waals surface area contributed by atoms with Crippen molar-refractivity contribution in [3.8, 4) is 5.75 Å². The van der Waals surface area contributed by atoms with Gasteiger partial charge in [0.25, 0.3) is 0 Å². The molecule has 4 nitrogen and oxygen atoms in total. The van der Waals surface area contributed by atoms with Crippen LogP contribution in [0.1, 0.15) is 13.3 Å². The second-order valence-electron chi connectivity index (χ2n) is 4.47. The molecule has 18 heavy (non-hydrogen) atoms. The van der Waals surface area contributed by atoms with E-state index in [1.165, 1.54) is 5.69 Å². The van der Waals surface area contributed by atoms with E-state index < -0.39 is 0 Å². The zero-order chi connectivity index (χ0) is 13.0. The topological polar surface area (TPSA) is 39.6 Å². The second kappa shape index (κ2) is 5.76. The quantitative estimate of drug-likeness (QED) is 0.657. The first-order valence-corrected chi connectivity index (χ1v) is 6.46. The van der Waals surface area contributed by atoms with Crippen molar-refractivity contribution in [1.82, 2.24) is 4.90 Å². The van der Waals surface area contributed by atoms with Gasteiger partial charge >= 0.3 is 0 Å². The summed E-state index contributed by atoms with van der Waals surface area (Å²) in [4.78, 5) is 4.53. The minimum atomic E-state index is 0.754. The molecule has 0 radical (unpaired) electrons. The lowest BCUT2D eigenvalue weighted by Gasteiger charge is -2.37. The third-order valence-corrected chi connectivity index (χ3v) is 3.43. The molecule has 98 valence electrons. The van der Waals surface area contributed by atoms with Gasteiger partial charge < -0.3 is 14.5 Å². The molecule has 0 aromatic heterocycles. The second-order valence-corrected chi connectivity index (χ2v) is 4.47. The van der Waals surface area contributed by atoms with Crippen LogP contribution in [0.5, 0.6) is 5.75 Å². The van der Waals surface area contributed by atoms with Crippen molar-refractivity contribution >= 4 is 11.5 Å². The number of rotatable bonds is 3. The Morgan fingerprint density at radius 2 is 1.78 bits per heavy atom. The average Bonchev–Trinajstić information content (AvgIpc) is 2.47. The highest BCUT2D eigenvalue weighted by Crippen LogP contribution is 2.20. The van der Waals surface area contributed by atoms with E-state index in [0.29, 0.717) is 0 Å². The highest BCUT2D eigenvalue weighted by molar-refractivity contribution is 5.79. The molecule has 0 spiro atoms. The number of methoxy groups -OCH3 is 1. The van der Waals surface area contributed by atoms with Gasteiger partial charge in [0.05, 0.1) is 12.9 Å². The molecule has 1 saturated heterocycles. The Bertz CT molecular complexity index is 394. The van der Waals surface area contributed by atoms with Gasteiger partial charge in [0.15, 0.2) is 0 Å². The van der Waals surface area contributed by atoms with Crippen LogP contribution in [0.4, 0.5) is 5.69 Å².